The van der Waals surface area contributed by atoms with Crippen molar-refractivity contribution in [1.82, 2.24) is 9.88 Å². The SMILES string of the molecule is Cc1c(Cl)ccc2c(C(=O)N3CC=C[C@H]3CO)cc(-c3ccco3)nc12. The van der Waals surface area contributed by atoms with E-state index in [0.717, 1.165) is 10.9 Å². The molecule has 0 aliphatic carbocycles. The van der Waals surface area contributed by atoms with Gasteiger partial charge in [-0.2, -0.15) is 0 Å². The number of benzene rings is 1. The van der Waals surface area contributed by atoms with E-state index in [1.54, 1.807) is 35.4 Å². The second-order valence-corrected chi connectivity index (χ2v) is 6.64. The number of furan rings is 1. The first-order valence-corrected chi connectivity index (χ1v) is 8.70. The van der Waals surface area contributed by atoms with Gasteiger partial charge in [0.2, 0.25) is 0 Å². The summed E-state index contributed by atoms with van der Waals surface area (Å²) in [4.78, 5) is 19.5. The summed E-state index contributed by atoms with van der Waals surface area (Å²) < 4.78 is 5.47. The van der Waals surface area contributed by atoms with Crippen LogP contribution in [0.5, 0.6) is 0 Å². The number of pyridine rings is 1. The first-order chi connectivity index (χ1) is 12.6. The lowest BCUT2D eigenvalue weighted by Crippen LogP contribution is -2.38. The highest BCUT2D eigenvalue weighted by Crippen LogP contribution is 2.31. The minimum Gasteiger partial charge on any atom is -0.463 e. The van der Waals surface area contributed by atoms with E-state index in [9.17, 15) is 9.90 Å². The van der Waals surface area contributed by atoms with Gasteiger partial charge in [-0.05, 0) is 36.8 Å². The average Bonchev–Trinajstić information content (AvgIpc) is 3.35. The summed E-state index contributed by atoms with van der Waals surface area (Å²) in [5.74, 6) is 0.426. The largest absolute Gasteiger partial charge is 0.463 e. The summed E-state index contributed by atoms with van der Waals surface area (Å²) in [5.41, 5.74) is 2.57. The molecule has 0 fully saturated rings. The molecule has 1 N–H and O–H groups in total. The Kier molecular flexibility index (Phi) is 4.26. The first kappa shape index (κ1) is 16.8. The van der Waals surface area contributed by atoms with Crippen molar-refractivity contribution in [3.05, 3.63) is 64.9 Å². The van der Waals surface area contributed by atoms with Gasteiger partial charge in [-0.15, -0.1) is 0 Å². The molecular formula is C20H17ClN2O3. The van der Waals surface area contributed by atoms with Crippen molar-refractivity contribution in [3.63, 3.8) is 0 Å². The number of hydrogen-bond acceptors (Lipinski definition) is 4. The number of carbonyl (C=O) groups excluding carboxylic acids is 1. The van der Waals surface area contributed by atoms with Gasteiger partial charge >= 0.3 is 0 Å². The zero-order chi connectivity index (χ0) is 18.3. The highest BCUT2D eigenvalue weighted by molar-refractivity contribution is 6.32. The molecule has 1 atom stereocenters. The molecule has 0 saturated carbocycles. The Bertz CT molecular complexity index is 1010. The van der Waals surface area contributed by atoms with Crippen LogP contribution in [0.15, 0.2) is 53.2 Å². The van der Waals surface area contributed by atoms with Crippen LogP contribution in [0.3, 0.4) is 0 Å². The van der Waals surface area contributed by atoms with Gasteiger partial charge in [0.25, 0.3) is 5.91 Å². The molecule has 0 radical (unpaired) electrons. The molecule has 3 heterocycles. The van der Waals surface area contributed by atoms with Gasteiger partial charge in [-0.25, -0.2) is 4.98 Å². The number of carbonyl (C=O) groups is 1. The molecule has 0 saturated heterocycles. The fraction of sp³-hybridized carbons (Fsp3) is 0.200. The zero-order valence-corrected chi connectivity index (χ0v) is 14.9. The molecule has 1 aliphatic heterocycles. The van der Waals surface area contributed by atoms with Crippen LogP contribution in [0, 0.1) is 6.92 Å². The van der Waals surface area contributed by atoms with Crippen molar-refractivity contribution >= 4 is 28.4 Å². The number of hydrogen-bond donors (Lipinski definition) is 1. The van der Waals surface area contributed by atoms with Crippen molar-refractivity contribution in [2.24, 2.45) is 0 Å². The third kappa shape index (κ3) is 2.69. The number of nitrogens with zero attached hydrogens (tertiary/aromatic N) is 2. The molecule has 0 spiro atoms. The molecule has 26 heavy (non-hydrogen) atoms. The maximum absolute atomic E-state index is 13.2. The Hall–Kier alpha value is -2.63. The molecule has 1 aromatic carbocycles. The van der Waals surface area contributed by atoms with Crippen molar-refractivity contribution < 1.29 is 14.3 Å². The van der Waals surface area contributed by atoms with Crippen LogP contribution < -0.4 is 0 Å². The van der Waals surface area contributed by atoms with Gasteiger partial charge < -0.3 is 14.4 Å². The van der Waals surface area contributed by atoms with Crippen LogP contribution in [0.4, 0.5) is 0 Å². The second-order valence-electron chi connectivity index (χ2n) is 6.24. The third-order valence-corrected chi connectivity index (χ3v) is 5.09. The normalized spacial score (nSPS) is 16.6. The average molecular weight is 369 g/mol. The summed E-state index contributed by atoms with van der Waals surface area (Å²) in [6.45, 7) is 2.24. The number of rotatable bonds is 3. The van der Waals surface area contributed by atoms with Gasteiger partial charge in [0.05, 0.1) is 30.0 Å². The minimum atomic E-state index is -0.314. The standard InChI is InChI=1S/C20H17ClN2O3/c1-12-16(21)7-6-14-15(20(25)23-8-2-4-13(23)11-24)10-17(22-19(12)14)18-5-3-9-26-18/h2-7,9-10,13,24H,8,11H2,1H3/t13-/m0/s1. The molecule has 6 heteroatoms. The highest BCUT2D eigenvalue weighted by Gasteiger charge is 2.27. The number of aliphatic hydroxyl groups excluding tert-OH is 1. The summed E-state index contributed by atoms with van der Waals surface area (Å²) >= 11 is 6.27. The monoisotopic (exact) mass is 368 g/mol. The van der Waals surface area contributed by atoms with E-state index in [1.165, 1.54) is 0 Å². The fourth-order valence-electron chi connectivity index (χ4n) is 3.25. The molecular weight excluding hydrogens is 352 g/mol. The van der Waals surface area contributed by atoms with Gasteiger partial charge in [-0.1, -0.05) is 29.8 Å². The Morgan fingerprint density at radius 1 is 1.42 bits per heavy atom. The number of aliphatic hydroxyl groups is 1. The van der Waals surface area contributed by atoms with E-state index in [0.29, 0.717) is 34.1 Å². The number of aromatic nitrogens is 1. The molecule has 2 aromatic heterocycles. The summed E-state index contributed by atoms with van der Waals surface area (Å²) in [6.07, 6.45) is 5.30. The number of halogens is 1. The fourth-order valence-corrected chi connectivity index (χ4v) is 3.40. The molecule has 5 nitrogen and oxygen atoms in total. The Morgan fingerprint density at radius 2 is 2.27 bits per heavy atom. The van der Waals surface area contributed by atoms with E-state index < -0.39 is 0 Å². The van der Waals surface area contributed by atoms with Crippen LogP contribution in [0.25, 0.3) is 22.4 Å². The van der Waals surface area contributed by atoms with Crippen molar-refractivity contribution in [2.45, 2.75) is 13.0 Å². The second kappa shape index (κ2) is 6.59. The smallest absolute Gasteiger partial charge is 0.255 e. The van der Waals surface area contributed by atoms with Gasteiger partial charge in [0.1, 0.15) is 5.69 Å². The van der Waals surface area contributed by atoms with Gasteiger partial charge in [0.15, 0.2) is 5.76 Å². The predicted molar refractivity (Wildman–Crippen MR) is 100 cm³/mol. The van der Waals surface area contributed by atoms with Crippen LogP contribution >= 0.6 is 11.6 Å². The van der Waals surface area contributed by atoms with E-state index in [1.807, 2.05) is 25.1 Å². The maximum atomic E-state index is 13.2. The molecule has 1 aliphatic rings. The van der Waals surface area contributed by atoms with E-state index in [4.69, 9.17) is 16.0 Å². The highest BCUT2D eigenvalue weighted by atomic mass is 35.5. The molecule has 0 unspecified atom stereocenters. The van der Waals surface area contributed by atoms with Crippen molar-refractivity contribution in [3.8, 4) is 11.5 Å². The molecule has 4 rings (SSSR count). The number of fused-ring (bicyclic) bond motifs is 1. The Balaban J connectivity index is 1.92. The minimum absolute atomic E-state index is 0.110. The summed E-state index contributed by atoms with van der Waals surface area (Å²) in [5, 5.41) is 10.9. The molecule has 0 bridgehead atoms. The third-order valence-electron chi connectivity index (χ3n) is 4.68. The summed E-state index contributed by atoms with van der Waals surface area (Å²) in [7, 11) is 0. The van der Waals surface area contributed by atoms with Crippen molar-refractivity contribution in [2.75, 3.05) is 13.2 Å². The lowest BCUT2D eigenvalue weighted by Gasteiger charge is -2.24. The van der Waals surface area contributed by atoms with Crippen LogP contribution in [0.2, 0.25) is 5.02 Å². The Morgan fingerprint density at radius 3 is 3.00 bits per heavy atom. The van der Waals surface area contributed by atoms with E-state index in [2.05, 4.69) is 4.98 Å². The molecule has 3 aromatic rings. The van der Waals surface area contributed by atoms with Crippen molar-refractivity contribution in [1.29, 1.82) is 0 Å². The van der Waals surface area contributed by atoms with E-state index in [-0.39, 0.29) is 18.6 Å². The van der Waals surface area contributed by atoms with Crippen LogP contribution in [-0.4, -0.2) is 40.1 Å². The lowest BCUT2D eigenvalue weighted by atomic mass is 10.0. The molecule has 132 valence electrons. The van der Waals surface area contributed by atoms with E-state index >= 15 is 0 Å². The quantitative estimate of drug-likeness (QED) is 0.713. The zero-order valence-electron chi connectivity index (χ0n) is 14.1. The summed E-state index contributed by atoms with van der Waals surface area (Å²) in [6, 6.07) is 8.59. The van der Waals surface area contributed by atoms with Crippen LogP contribution in [-0.2, 0) is 0 Å². The lowest BCUT2D eigenvalue weighted by molar-refractivity contribution is 0.0702. The van der Waals surface area contributed by atoms with Gasteiger partial charge in [-0.3, -0.25) is 4.79 Å². The molecule has 1 amide bonds. The van der Waals surface area contributed by atoms with Crippen LogP contribution in [0.1, 0.15) is 15.9 Å². The van der Waals surface area contributed by atoms with Gasteiger partial charge in [0, 0.05) is 17.0 Å². The maximum Gasteiger partial charge on any atom is 0.255 e. The number of aryl methyl sites for hydroxylation is 1. The topological polar surface area (TPSA) is 66.6 Å². The first-order valence-electron chi connectivity index (χ1n) is 8.32. The Labute approximate surface area is 155 Å². The predicted octanol–water partition coefficient (Wildman–Crippen LogP) is 3.83. The number of amides is 1.